The van der Waals surface area contributed by atoms with Crippen LogP contribution in [0, 0.1) is 0 Å². The van der Waals surface area contributed by atoms with Gasteiger partial charge in [0.1, 0.15) is 5.15 Å². The number of hydrogen-bond acceptors (Lipinski definition) is 2. The van der Waals surface area contributed by atoms with E-state index >= 15 is 0 Å². The summed E-state index contributed by atoms with van der Waals surface area (Å²) in [6, 6.07) is 10.5. The molecule has 2 aromatic heterocycles. The quantitative estimate of drug-likeness (QED) is 0.543. The van der Waals surface area contributed by atoms with E-state index in [0.29, 0.717) is 30.1 Å². The molecule has 3 heterocycles. The van der Waals surface area contributed by atoms with Gasteiger partial charge in [-0.3, -0.25) is 0 Å². The highest BCUT2D eigenvalue weighted by atomic mass is 35.5. The van der Waals surface area contributed by atoms with Gasteiger partial charge in [0.15, 0.2) is 0 Å². The highest BCUT2D eigenvalue weighted by Crippen LogP contribution is 2.38. The summed E-state index contributed by atoms with van der Waals surface area (Å²) in [5.74, 6) is 0.744. The van der Waals surface area contributed by atoms with Crippen LogP contribution in [0.5, 0.6) is 0 Å². The zero-order valence-electron chi connectivity index (χ0n) is 16.1. The number of nitrogens with one attached hydrogen (secondary N) is 1. The largest absolute Gasteiger partial charge is 0.465 e. The number of halogens is 1. The van der Waals surface area contributed by atoms with E-state index < -0.39 is 6.09 Å². The molecule has 1 aliphatic heterocycles. The third-order valence-corrected chi connectivity index (χ3v) is 5.90. The number of piperidine rings is 1. The Morgan fingerprint density at radius 3 is 2.64 bits per heavy atom. The number of rotatable bonds is 3. The molecule has 1 fully saturated rings. The minimum absolute atomic E-state index is 0.347. The minimum atomic E-state index is -0.817. The summed E-state index contributed by atoms with van der Waals surface area (Å²) in [4.78, 5) is 20.3. The van der Waals surface area contributed by atoms with Crippen molar-refractivity contribution in [2.45, 2.75) is 38.5 Å². The first-order chi connectivity index (χ1) is 13.4. The van der Waals surface area contributed by atoms with E-state index in [1.54, 1.807) is 6.20 Å². The van der Waals surface area contributed by atoms with Gasteiger partial charge in [0.2, 0.25) is 0 Å². The molecule has 1 saturated heterocycles. The molecule has 1 aliphatic rings. The van der Waals surface area contributed by atoms with Gasteiger partial charge in [-0.25, -0.2) is 9.78 Å². The van der Waals surface area contributed by atoms with Crippen molar-refractivity contribution in [3.8, 4) is 11.3 Å². The highest BCUT2D eigenvalue weighted by molar-refractivity contribution is 6.29. The van der Waals surface area contributed by atoms with Crippen LogP contribution < -0.4 is 0 Å². The SMILES string of the molecule is CC(C)c1c(-c2ccnc(Cl)c2)[nH]c2ccc(C3CCN(C(=O)O)CC3)cc12. The third kappa shape index (κ3) is 3.47. The van der Waals surface area contributed by atoms with Crippen LogP contribution in [0.2, 0.25) is 5.15 Å². The Morgan fingerprint density at radius 1 is 1.25 bits per heavy atom. The van der Waals surface area contributed by atoms with Crippen LogP contribution in [-0.4, -0.2) is 39.2 Å². The molecule has 146 valence electrons. The second kappa shape index (κ2) is 7.47. The maximum atomic E-state index is 11.2. The number of pyridine rings is 1. The summed E-state index contributed by atoms with van der Waals surface area (Å²) in [5.41, 5.74) is 5.81. The Hall–Kier alpha value is -2.53. The fourth-order valence-corrected chi connectivity index (χ4v) is 4.45. The van der Waals surface area contributed by atoms with Crippen molar-refractivity contribution in [1.29, 1.82) is 0 Å². The normalized spacial score (nSPS) is 15.5. The Kier molecular flexibility index (Phi) is 5.02. The van der Waals surface area contributed by atoms with Crippen LogP contribution in [0.1, 0.15) is 49.7 Å². The predicted molar refractivity (Wildman–Crippen MR) is 112 cm³/mol. The monoisotopic (exact) mass is 397 g/mol. The van der Waals surface area contributed by atoms with Crippen molar-refractivity contribution in [1.82, 2.24) is 14.9 Å². The van der Waals surface area contributed by atoms with Gasteiger partial charge >= 0.3 is 6.09 Å². The van der Waals surface area contributed by atoms with Gasteiger partial charge in [0.05, 0.1) is 5.69 Å². The van der Waals surface area contributed by atoms with E-state index in [1.165, 1.54) is 21.4 Å². The zero-order chi connectivity index (χ0) is 19.8. The number of benzene rings is 1. The first-order valence-corrected chi connectivity index (χ1v) is 10.1. The average molecular weight is 398 g/mol. The van der Waals surface area contributed by atoms with Gasteiger partial charge in [0.25, 0.3) is 0 Å². The van der Waals surface area contributed by atoms with E-state index in [4.69, 9.17) is 11.6 Å². The van der Waals surface area contributed by atoms with Crippen LogP contribution in [-0.2, 0) is 0 Å². The summed E-state index contributed by atoms with van der Waals surface area (Å²) in [7, 11) is 0. The molecule has 6 heteroatoms. The second-order valence-corrected chi connectivity index (χ2v) is 8.17. The number of hydrogen-bond donors (Lipinski definition) is 2. The van der Waals surface area contributed by atoms with E-state index in [-0.39, 0.29) is 0 Å². The first-order valence-electron chi connectivity index (χ1n) is 9.69. The fourth-order valence-electron chi connectivity index (χ4n) is 4.27. The van der Waals surface area contributed by atoms with Crippen LogP contribution in [0.15, 0.2) is 36.5 Å². The average Bonchev–Trinajstić information content (AvgIpc) is 3.07. The first kappa shape index (κ1) is 18.8. The summed E-state index contributed by atoms with van der Waals surface area (Å²) >= 11 is 6.12. The molecule has 28 heavy (non-hydrogen) atoms. The third-order valence-electron chi connectivity index (χ3n) is 5.69. The van der Waals surface area contributed by atoms with Crippen molar-refractivity contribution < 1.29 is 9.90 Å². The number of carbonyl (C=O) groups is 1. The molecule has 0 aliphatic carbocycles. The van der Waals surface area contributed by atoms with Gasteiger partial charge in [-0.1, -0.05) is 31.5 Å². The molecule has 0 atom stereocenters. The topological polar surface area (TPSA) is 69.2 Å². The Balaban J connectivity index is 1.73. The molecule has 0 bridgehead atoms. The molecular formula is C22H24ClN3O2. The smallest absolute Gasteiger partial charge is 0.407 e. The lowest BCUT2D eigenvalue weighted by molar-refractivity contribution is 0.132. The van der Waals surface area contributed by atoms with E-state index in [2.05, 4.69) is 42.0 Å². The lowest BCUT2D eigenvalue weighted by Crippen LogP contribution is -2.36. The minimum Gasteiger partial charge on any atom is -0.465 e. The molecule has 1 amide bonds. The van der Waals surface area contributed by atoms with Crippen molar-refractivity contribution in [3.63, 3.8) is 0 Å². The molecule has 4 rings (SSSR count). The van der Waals surface area contributed by atoms with Gasteiger partial charge in [0, 0.05) is 35.8 Å². The van der Waals surface area contributed by atoms with Crippen LogP contribution >= 0.6 is 11.6 Å². The number of H-pyrrole nitrogens is 1. The molecule has 0 saturated carbocycles. The summed E-state index contributed by atoms with van der Waals surface area (Å²) in [5, 5.41) is 10.9. The molecule has 0 unspecified atom stereocenters. The van der Waals surface area contributed by atoms with Crippen molar-refractivity contribution in [2.75, 3.05) is 13.1 Å². The van der Waals surface area contributed by atoms with Crippen molar-refractivity contribution in [2.24, 2.45) is 0 Å². The molecule has 1 aromatic carbocycles. The number of amides is 1. The molecule has 0 radical (unpaired) electrons. The predicted octanol–water partition coefficient (Wildman–Crippen LogP) is 5.86. The lowest BCUT2D eigenvalue weighted by Gasteiger charge is -2.30. The number of fused-ring (bicyclic) bond motifs is 1. The Labute approximate surface area is 169 Å². The number of likely N-dealkylation sites (tertiary alicyclic amines) is 1. The Morgan fingerprint density at radius 2 is 2.00 bits per heavy atom. The maximum Gasteiger partial charge on any atom is 0.407 e. The number of aromatic amines is 1. The van der Waals surface area contributed by atoms with Crippen LogP contribution in [0.3, 0.4) is 0 Å². The lowest BCUT2D eigenvalue weighted by atomic mass is 9.87. The van der Waals surface area contributed by atoms with Gasteiger partial charge in [-0.15, -0.1) is 0 Å². The zero-order valence-corrected chi connectivity index (χ0v) is 16.8. The van der Waals surface area contributed by atoms with E-state index in [1.807, 2.05) is 12.1 Å². The summed E-state index contributed by atoms with van der Waals surface area (Å²) in [6.45, 7) is 5.60. The number of carboxylic acid groups (broad SMARTS) is 1. The van der Waals surface area contributed by atoms with Crippen LogP contribution in [0.25, 0.3) is 22.2 Å². The Bertz CT molecular complexity index is 1020. The highest BCUT2D eigenvalue weighted by Gasteiger charge is 2.24. The summed E-state index contributed by atoms with van der Waals surface area (Å²) < 4.78 is 0. The van der Waals surface area contributed by atoms with Crippen LogP contribution in [0.4, 0.5) is 4.79 Å². The second-order valence-electron chi connectivity index (χ2n) is 7.78. The van der Waals surface area contributed by atoms with Gasteiger partial charge in [-0.05, 0) is 60.1 Å². The fraction of sp³-hybridized carbons (Fsp3) is 0.364. The molecular weight excluding hydrogens is 374 g/mol. The van der Waals surface area contributed by atoms with Gasteiger partial charge < -0.3 is 15.0 Å². The molecule has 0 spiro atoms. The van der Waals surface area contributed by atoms with E-state index in [9.17, 15) is 9.90 Å². The summed E-state index contributed by atoms with van der Waals surface area (Å²) in [6.07, 6.45) is 2.65. The molecule has 3 aromatic rings. The van der Waals surface area contributed by atoms with Gasteiger partial charge in [-0.2, -0.15) is 0 Å². The maximum absolute atomic E-state index is 11.2. The number of nitrogens with zero attached hydrogens (tertiary/aromatic N) is 2. The molecule has 5 nitrogen and oxygen atoms in total. The van der Waals surface area contributed by atoms with Crippen molar-refractivity contribution >= 4 is 28.6 Å². The standard InChI is InChI=1S/C22H24ClN3O2/c1-13(2)20-17-11-15(14-6-9-26(10-7-14)22(27)28)3-4-18(17)25-21(20)16-5-8-24-19(23)12-16/h3-5,8,11-14,25H,6-7,9-10H2,1-2H3,(H,27,28). The molecule has 2 N–H and O–H groups in total. The van der Waals surface area contributed by atoms with E-state index in [0.717, 1.165) is 29.6 Å². The number of aromatic nitrogens is 2. The van der Waals surface area contributed by atoms with Crippen molar-refractivity contribution in [3.05, 3.63) is 52.8 Å².